The average molecular weight is 376 g/mol. The van der Waals surface area contributed by atoms with Gasteiger partial charge in [0.1, 0.15) is 11.5 Å². The number of pyridine rings is 2. The minimum absolute atomic E-state index is 0.170. The first-order valence-electron chi connectivity index (χ1n) is 8.66. The quantitative estimate of drug-likeness (QED) is 0.717. The molecule has 0 radical (unpaired) electrons. The summed E-state index contributed by atoms with van der Waals surface area (Å²) < 4.78 is 40.8. The molecule has 0 bridgehead atoms. The Morgan fingerprint density at radius 3 is 2.63 bits per heavy atom. The fraction of sp³-hybridized carbons (Fsp3) is 0.389. The standard InChI is InChI=1S/C18H19F3N6/c1-17(22)6-9-27(10-7-17)13-5-4-12(18(19,20)21)15(24-13)14-11-3-2-8-23-16(11)26-25-14/h2-5,8H,6-7,9-10,22H2,1H3,(H,23,25,26). The van der Waals surface area contributed by atoms with E-state index in [-0.39, 0.29) is 16.9 Å². The Morgan fingerprint density at radius 2 is 1.93 bits per heavy atom. The second-order valence-corrected chi connectivity index (χ2v) is 7.18. The number of H-pyrrole nitrogens is 1. The molecule has 3 aromatic heterocycles. The Hall–Kier alpha value is -2.68. The molecule has 1 saturated heterocycles. The number of halogens is 3. The molecule has 4 rings (SSSR count). The summed E-state index contributed by atoms with van der Waals surface area (Å²) in [6.45, 7) is 3.28. The molecule has 9 heteroatoms. The Labute approximate surface area is 153 Å². The number of nitrogens with two attached hydrogens (primary N) is 1. The lowest BCUT2D eigenvalue weighted by Gasteiger charge is -2.37. The second kappa shape index (κ2) is 6.19. The van der Waals surface area contributed by atoms with Crippen LogP contribution in [0.1, 0.15) is 25.3 Å². The van der Waals surface area contributed by atoms with Crippen LogP contribution in [0.2, 0.25) is 0 Å². The molecule has 27 heavy (non-hydrogen) atoms. The van der Waals surface area contributed by atoms with Crippen LogP contribution in [-0.4, -0.2) is 38.8 Å². The zero-order valence-electron chi connectivity index (χ0n) is 14.7. The van der Waals surface area contributed by atoms with Crippen molar-refractivity contribution in [1.82, 2.24) is 20.2 Å². The minimum Gasteiger partial charge on any atom is -0.356 e. The van der Waals surface area contributed by atoms with E-state index >= 15 is 0 Å². The van der Waals surface area contributed by atoms with Crippen molar-refractivity contribution in [2.45, 2.75) is 31.5 Å². The number of anilines is 1. The molecule has 0 unspecified atom stereocenters. The molecule has 6 nitrogen and oxygen atoms in total. The zero-order chi connectivity index (χ0) is 19.2. The van der Waals surface area contributed by atoms with Gasteiger partial charge in [-0.05, 0) is 44.0 Å². The lowest BCUT2D eigenvalue weighted by Crippen LogP contribution is -2.48. The third-order valence-electron chi connectivity index (χ3n) is 4.98. The van der Waals surface area contributed by atoms with E-state index in [0.29, 0.717) is 29.9 Å². The number of rotatable bonds is 2. The van der Waals surface area contributed by atoms with Crippen LogP contribution in [0.15, 0.2) is 30.5 Å². The van der Waals surface area contributed by atoms with Gasteiger partial charge in [0, 0.05) is 30.2 Å². The Bertz CT molecular complexity index is 969. The number of piperidine rings is 1. The van der Waals surface area contributed by atoms with E-state index < -0.39 is 11.7 Å². The van der Waals surface area contributed by atoms with Gasteiger partial charge in [-0.15, -0.1) is 0 Å². The van der Waals surface area contributed by atoms with Crippen LogP contribution in [-0.2, 0) is 6.18 Å². The molecule has 0 spiro atoms. The number of hydrogen-bond donors (Lipinski definition) is 2. The average Bonchev–Trinajstić information content (AvgIpc) is 3.04. The molecule has 3 aromatic rings. The summed E-state index contributed by atoms with van der Waals surface area (Å²) >= 11 is 0. The van der Waals surface area contributed by atoms with Gasteiger partial charge in [0.05, 0.1) is 11.3 Å². The van der Waals surface area contributed by atoms with Crippen LogP contribution in [0.3, 0.4) is 0 Å². The van der Waals surface area contributed by atoms with Gasteiger partial charge in [-0.25, -0.2) is 9.97 Å². The highest BCUT2D eigenvalue weighted by Crippen LogP contribution is 2.38. The number of nitrogens with zero attached hydrogens (tertiary/aromatic N) is 4. The van der Waals surface area contributed by atoms with E-state index in [2.05, 4.69) is 20.2 Å². The van der Waals surface area contributed by atoms with Crippen molar-refractivity contribution in [1.29, 1.82) is 0 Å². The van der Waals surface area contributed by atoms with E-state index in [1.54, 1.807) is 18.3 Å². The molecule has 1 fully saturated rings. The zero-order valence-corrected chi connectivity index (χ0v) is 14.7. The first kappa shape index (κ1) is 17.7. The number of nitrogens with one attached hydrogen (secondary N) is 1. The summed E-state index contributed by atoms with van der Waals surface area (Å²) in [6, 6.07) is 5.83. The van der Waals surface area contributed by atoms with Gasteiger partial charge in [0.15, 0.2) is 5.65 Å². The summed E-state index contributed by atoms with van der Waals surface area (Å²) in [5.74, 6) is 0.500. The molecule has 0 amide bonds. The maximum absolute atomic E-state index is 13.6. The number of aromatic amines is 1. The number of hydrogen-bond acceptors (Lipinski definition) is 5. The van der Waals surface area contributed by atoms with Gasteiger partial charge in [0.25, 0.3) is 0 Å². The van der Waals surface area contributed by atoms with E-state index in [0.717, 1.165) is 18.9 Å². The maximum Gasteiger partial charge on any atom is 0.418 e. The molecule has 0 aliphatic carbocycles. The fourth-order valence-corrected chi connectivity index (χ4v) is 3.32. The Morgan fingerprint density at radius 1 is 1.19 bits per heavy atom. The first-order chi connectivity index (χ1) is 12.7. The minimum atomic E-state index is -4.53. The number of alkyl halides is 3. The van der Waals surface area contributed by atoms with Gasteiger partial charge in [-0.3, -0.25) is 5.10 Å². The van der Waals surface area contributed by atoms with E-state index in [4.69, 9.17) is 5.73 Å². The topological polar surface area (TPSA) is 83.7 Å². The van der Waals surface area contributed by atoms with Crippen molar-refractivity contribution in [3.8, 4) is 11.4 Å². The van der Waals surface area contributed by atoms with Gasteiger partial charge in [-0.1, -0.05) is 0 Å². The highest BCUT2D eigenvalue weighted by atomic mass is 19.4. The van der Waals surface area contributed by atoms with Crippen LogP contribution in [0.4, 0.5) is 19.0 Å². The van der Waals surface area contributed by atoms with Crippen LogP contribution < -0.4 is 10.6 Å². The van der Waals surface area contributed by atoms with E-state index in [1.807, 2.05) is 11.8 Å². The van der Waals surface area contributed by atoms with E-state index in [1.165, 1.54) is 6.07 Å². The van der Waals surface area contributed by atoms with Crippen molar-refractivity contribution in [3.05, 3.63) is 36.0 Å². The summed E-state index contributed by atoms with van der Waals surface area (Å²) in [7, 11) is 0. The van der Waals surface area contributed by atoms with Crippen molar-refractivity contribution in [2.75, 3.05) is 18.0 Å². The molecule has 142 valence electrons. The van der Waals surface area contributed by atoms with Crippen LogP contribution in [0.25, 0.3) is 22.4 Å². The monoisotopic (exact) mass is 376 g/mol. The fourth-order valence-electron chi connectivity index (χ4n) is 3.32. The van der Waals surface area contributed by atoms with Crippen LogP contribution >= 0.6 is 0 Å². The Balaban J connectivity index is 1.81. The van der Waals surface area contributed by atoms with Crippen LogP contribution in [0.5, 0.6) is 0 Å². The highest BCUT2D eigenvalue weighted by Gasteiger charge is 2.36. The van der Waals surface area contributed by atoms with Crippen LogP contribution in [0, 0.1) is 0 Å². The van der Waals surface area contributed by atoms with Crippen molar-refractivity contribution in [2.24, 2.45) is 5.73 Å². The number of aromatic nitrogens is 4. The van der Waals surface area contributed by atoms with Gasteiger partial charge >= 0.3 is 6.18 Å². The molecular weight excluding hydrogens is 357 g/mol. The maximum atomic E-state index is 13.6. The largest absolute Gasteiger partial charge is 0.418 e. The molecule has 1 aliphatic heterocycles. The van der Waals surface area contributed by atoms with Crippen molar-refractivity contribution in [3.63, 3.8) is 0 Å². The van der Waals surface area contributed by atoms with E-state index in [9.17, 15) is 13.2 Å². The lowest BCUT2D eigenvalue weighted by atomic mass is 9.91. The third kappa shape index (κ3) is 3.34. The molecule has 1 aliphatic rings. The summed E-state index contributed by atoms with van der Waals surface area (Å²) in [5, 5.41) is 7.18. The molecule has 0 saturated carbocycles. The summed E-state index contributed by atoms with van der Waals surface area (Å²) in [6.07, 6.45) is -1.48. The second-order valence-electron chi connectivity index (χ2n) is 7.18. The third-order valence-corrected chi connectivity index (χ3v) is 4.98. The normalized spacial score (nSPS) is 17.4. The van der Waals surface area contributed by atoms with Crippen molar-refractivity contribution >= 4 is 16.9 Å². The SMILES string of the molecule is CC1(N)CCN(c2ccc(C(F)(F)F)c(-c3[nH]nc4ncccc34)n2)CC1. The molecule has 0 atom stereocenters. The Kier molecular flexibility index (Phi) is 4.06. The molecule has 4 heterocycles. The predicted octanol–water partition coefficient (Wildman–Crippen LogP) is 3.36. The van der Waals surface area contributed by atoms with Gasteiger partial charge < -0.3 is 10.6 Å². The summed E-state index contributed by atoms with van der Waals surface area (Å²) in [5.41, 5.74) is 5.49. The lowest BCUT2D eigenvalue weighted by molar-refractivity contribution is -0.137. The van der Waals surface area contributed by atoms with Crippen molar-refractivity contribution < 1.29 is 13.2 Å². The molecule has 0 aromatic carbocycles. The first-order valence-corrected chi connectivity index (χ1v) is 8.66. The summed E-state index contributed by atoms with van der Waals surface area (Å²) in [4.78, 5) is 10.4. The van der Waals surface area contributed by atoms with Gasteiger partial charge in [0.2, 0.25) is 0 Å². The molecular formula is C18H19F3N6. The number of fused-ring (bicyclic) bond motifs is 1. The van der Waals surface area contributed by atoms with Gasteiger partial charge in [-0.2, -0.15) is 18.3 Å². The smallest absolute Gasteiger partial charge is 0.356 e. The predicted molar refractivity (Wildman–Crippen MR) is 96.2 cm³/mol. The highest BCUT2D eigenvalue weighted by molar-refractivity contribution is 5.90. The molecule has 3 N–H and O–H groups in total.